The smallest absolute Gasteiger partial charge is 0.338 e. The zero-order chi connectivity index (χ0) is 17.9. The van der Waals surface area contributed by atoms with Crippen molar-refractivity contribution in [3.63, 3.8) is 0 Å². The number of hydrogen-bond acceptors (Lipinski definition) is 4. The quantitative estimate of drug-likeness (QED) is 0.599. The SMILES string of the molecule is CCOC(=O)C(=CC1C[C@@H](F)[C@@H](F)C1)c1ccc(S(C)(=O)=O)cc1. The minimum Gasteiger partial charge on any atom is -0.462 e. The van der Waals surface area contributed by atoms with E-state index < -0.39 is 34.1 Å². The highest BCUT2D eigenvalue weighted by atomic mass is 32.2. The minimum atomic E-state index is -3.35. The van der Waals surface area contributed by atoms with Gasteiger partial charge in [0.25, 0.3) is 0 Å². The van der Waals surface area contributed by atoms with Gasteiger partial charge >= 0.3 is 5.97 Å². The molecule has 0 spiro atoms. The van der Waals surface area contributed by atoms with Crippen LogP contribution in [0.2, 0.25) is 0 Å². The molecule has 2 rings (SSSR count). The van der Waals surface area contributed by atoms with Crippen molar-refractivity contribution in [1.29, 1.82) is 0 Å². The number of ether oxygens (including phenoxy) is 1. The lowest BCUT2D eigenvalue weighted by atomic mass is 9.98. The Labute approximate surface area is 140 Å². The Bertz CT molecular complexity index is 715. The van der Waals surface area contributed by atoms with Gasteiger partial charge < -0.3 is 4.74 Å². The van der Waals surface area contributed by atoms with Crippen molar-refractivity contribution < 1.29 is 26.7 Å². The van der Waals surface area contributed by atoms with E-state index in [-0.39, 0.29) is 29.9 Å². The maximum atomic E-state index is 13.4. The number of benzene rings is 1. The van der Waals surface area contributed by atoms with Gasteiger partial charge in [0.1, 0.15) is 12.3 Å². The summed E-state index contributed by atoms with van der Waals surface area (Å²) in [4.78, 5) is 12.3. The zero-order valence-electron chi connectivity index (χ0n) is 13.5. The summed E-state index contributed by atoms with van der Waals surface area (Å²) < 4.78 is 54.8. The zero-order valence-corrected chi connectivity index (χ0v) is 14.4. The Morgan fingerprint density at radius 2 is 1.75 bits per heavy atom. The maximum absolute atomic E-state index is 13.4. The molecule has 1 saturated carbocycles. The summed E-state index contributed by atoms with van der Waals surface area (Å²) in [7, 11) is -3.35. The summed E-state index contributed by atoms with van der Waals surface area (Å²) >= 11 is 0. The van der Waals surface area contributed by atoms with E-state index in [9.17, 15) is 22.0 Å². The van der Waals surface area contributed by atoms with E-state index in [1.54, 1.807) is 6.92 Å². The Kier molecular flexibility index (Phi) is 5.74. The topological polar surface area (TPSA) is 60.4 Å². The Hall–Kier alpha value is -1.76. The number of alkyl halides is 2. The minimum absolute atomic E-state index is 0.0193. The first-order valence-electron chi connectivity index (χ1n) is 7.70. The average molecular weight is 358 g/mol. The van der Waals surface area contributed by atoms with E-state index >= 15 is 0 Å². The van der Waals surface area contributed by atoms with E-state index in [0.717, 1.165) is 6.26 Å². The molecule has 1 aromatic rings. The lowest BCUT2D eigenvalue weighted by molar-refractivity contribution is -0.136. The molecule has 0 saturated heterocycles. The van der Waals surface area contributed by atoms with Crippen LogP contribution in [-0.4, -0.2) is 39.6 Å². The highest BCUT2D eigenvalue weighted by molar-refractivity contribution is 7.90. The molecule has 0 aromatic heterocycles. The van der Waals surface area contributed by atoms with Crippen molar-refractivity contribution in [2.45, 2.75) is 37.0 Å². The molecule has 0 amide bonds. The van der Waals surface area contributed by atoms with Gasteiger partial charge in [-0.3, -0.25) is 0 Å². The molecule has 24 heavy (non-hydrogen) atoms. The van der Waals surface area contributed by atoms with Crippen LogP contribution in [0.5, 0.6) is 0 Å². The molecule has 3 atom stereocenters. The van der Waals surface area contributed by atoms with Crippen molar-refractivity contribution in [3.8, 4) is 0 Å². The van der Waals surface area contributed by atoms with Crippen LogP contribution in [-0.2, 0) is 19.4 Å². The fraction of sp³-hybridized carbons (Fsp3) is 0.471. The molecule has 7 heteroatoms. The van der Waals surface area contributed by atoms with Crippen molar-refractivity contribution in [1.82, 2.24) is 0 Å². The lowest BCUT2D eigenvalue weighted by Crippen LogP contribution is -2.09. The van der Waals surface area contributed by atoms with Crippen LogP contribution in [0.1, 0.15) is 25.3 Å². The molecular formula is C17H20F2O4S. The van der Waals surface area contributed by atoms with Crippen molar-refractivity contribution in [3.05, 3.63) is 35.9 Å². The molecule has 4 nitrogen and oxygen atoms in total. The standard InChI is InChI=1S/C17H20F2O4S/c1-3-23-17(20)14(8-11-9-15(18)16(19)10-11)12-4-6-13(7-5-12)24(2,21)22/h4-8,11,15-16H,3,9-10H2,1-2H3/t11?,15-,16+. The summed E-state index contributed by atoms with van der Waals surface area (Å²) in [5, 5.41) is 0. The van der Waals surface area contributed by atoms with E-state index in [4.69, 9.17) is 4.74 Å². The molecule has 1 aliphatic carbocycles. The van der Waals surface area contributed by atoms with Gasteiger partial charge in [0.2, 0.25) is 0 Å². The molecule has 132 valence electrons. The van der Waals surface area contributed by atoms with Gasteiger partial charge in [0.05, 0.1) is 17.1 Å². The molecule has 1 aliphatic rings. The normalized spacial score (nSPS) is 24.8. The number of hydrogen-bond donors (Lipinski definition) is 0. The molecule has 0 N–H and O–H groups in total. The van der Waals surface area contributed by atoms with E-state index in [2.05, 4.69) is 0 Å². The summed E-state index contributed by atoms with van der Waals surface area (Å²) in [5.41, 5.74) is 0.654. The molecule has 1 unspecified atom stereocenters. The van der Waals surface area contributed by atoms with Gasteiger partial charge in [-0.15, -0.1) is 0 Å². The number of allylic oxidation sites excluding steroid dienone is 1. The second-order valence-electron chi connectivity index (χ2n) is 5.86. The van der Waals surface area contributed by atoms with Crippen LogP contribution in [0.15, 0.2) is 35.2 Å². The van der Waals surface area contributed by atoms with Crippen LogP contribution in [0.4, 0.5) is 8.78 Å². The van der Waals surface area contributed by atoms with Gasteiger partial charge in [0, 0.05) is 6.26 Å². The Balaban J connectivity index is 2.34. The van der Waals surface area contributed by atoms with Crippen LogP contribution >= 0.6 is 0 Å². The first-order chi connectivity index (χ1) is 11.2. The third-order valence-electron chi connectivity index (χ3n) is 3.94. The molecular weight excluding hydrogens is 338 g/mol. The predicted molar refractivity (Wildman–Crippen MR) is 86.7 cm³/mol. The van der Waals surface area contributed by atoms with E-state index in [1.165, 1.54) is 30.3 Å². The predicted octanol–water partition coefficient (Wildman–Crippen LogP) is 3.12. The monoisotopic (exact) mass is 358 g/mol. The Morgan fingerprint density at radius 3 is 2.21 bits per heavy atom. The number of rotatable bonds is 5. The number of carbonyl (C=O) groups excluding carboxylic acids is 1. The number of halogens is 2. The maximum Gasteiger partial charge on any atom is 0.338 e. The van der Waals surface area contributed by atoms with Crippen molar-refractivity contribution >= 4 is 21.4 Å². The summed E-state index contributed by atoms with van der Waals surface area (Å²) in [5.74, 6) is -0.994. The molecule has 0 radical (unpaired) electrons. The molecule has 1 fully saturated rings. The summed E-state index contributed by atoms with van der Waals surface area (Å²) in [6.45, 7) is 1.83. The number of sulfone groups is 1. The highest BCUT2D eigenvalue weighted by Crippen LogP contribution is 2.34. The van der Waals surface area contributed by atoms with Crippen LogP contribution in [0.25, 0.3) is 5.57 Å². The first-order valence-corrected chi connectivity index (χ1v) is 9.59. The summed E-state index contributed by atoms with van der Waals surface area (Å²) in [6, 6.07) is 5.77. The van der Waals surface area contributed by atoms with Crippen molar-refractivity contribution in [2.24, 2.45) is 5.92 Å². The highest BCUT2D eigenvalue weighted by Gasteiger charge is 2.34. The van der Waals surface area contributed by atoms with Gasteiger partial charge in [-0.1, -0.05) is 18.2 Å². The van der Waals surface area contributed by atoms with Crippen molar-refractivity contribution in [2.75, 3.05) is 12.9 Å². The second-order valence-corrected chi connectivity index (χ2v) is 7.88. The van der Waals surface area contributed by atoms with Gasteiger partial charge in [0.15, 0.2) is 9.84 Å². The fourth-order valence-electron chi connectivity index (χ4n) is 2.71. The lowest BCUT2D eigenvalue weighted by Gasteiger charge is -2.11. The largest absolute Gasteiger partial charge is 0.462 e. The fourth-order valence-corrected chi connectivity index (χ4v) is 3.34. The summed E-state index contributed by atoms with van der Waals surface area (Å²) in [6.07, 6.45) is -0.397. The van der Waals surface area contributed by atoms with Gasteiger partial charge in [-0.05, 0) is 43.4 Å². The number of esters is 1. The number of carbonyl (C=O) groups is 1. The second kappa shape index (κ2) is 7.42. The van der Waals surface area contributed by atoms with Crippen LogP contribution in [0, 0.1) is 5.92 Å². The molecule has 1 aromatic carbocycles. The third kappa shape index (κ3) is 4.41. The Morgan fingerprint density at radius 1 is 1.21 bits per heavy atom. The third-order valence-corrected chi connectivity index (χ3v) is 5.07. The van der Waals surface area contributed by atoms with Crippen LogP contribution in [0.3, 0.4) is 0 Å². The molecule has 0 aliphatic heterocycles. The van der Waals surface area contributed by atoms with Gasteiger partial charge in [-0.2, -0.15) is 0 Å². The van der Waals surface area contributed by atoms with E-state index in [1.807, 2.05) is 0 Å². The van der Waals surface area contributed by atoms with E-state index in [0.29, 0.717) is 5.56 Å². The van der Waals surface area contributed by atoms with Crippen LogP contribution < -0.4 is 0 Å². The molecule has 0 heterocycles. The first kappa shape index (κ1) is 18.6. The molecule has 0 bridgehead atoms. The van der Waals surface area contributed by atoms with Gasteiger partial charge in [-0.25, -0.2) is 22.0 Å². The average Bonchev–Trinajstić information content (AvgIpc) is 2.82.